The Morgan fingerprint density at radius 2 is 2.28 bits per heavy atom. The van der Waals surface area contributed by atoms with Crippen LogP contribution in [0.25, 0.3) is 0 Å². The fourth-order valence-corrected chi connectivity index (χ4v) is 4.24. The number of rotatable bonds is 5. The van der Waals surface area contributed by atoms with E-state index in [2.05, 4.69) is 9.69 Å². The van der Waals surface area contributed by atoms with Crippen LogP contribution in [0.3, 0.4) is 0 Å². The van der Waals surface area contributed by atoms with Crippen molar-refractivity contribution in [2.24, 2.45) is 0 Å². The van der Waals surface area contributed by atoms with Crippen molar-refractivity contribution in [1.82, 2.24) is 4.37 Å². The molecule has 0 fully saturated rings. The Morgan fingerprint density at radius 1 is 1.50 bits per heavy atom. The van der Waals surface area contributed by atoms with E-state index < -0.39 is 9.84 Å². The first-order valence-corrected chi connectivity index (χ1v) is 8.59. The number of sulfone groups is 1. The minimum atomic E-state index is -3.34. The van der Waals surface area contributed by atoms with Gasteiger partial charge in [-0.2, -0.15) is 4.37 Å². The van der Waals surface area contributed by atoms with Gasteiger partial charge in [0.1, 0.15) is 9.90 Å². The number of thiophene rings is 1. The fourth-order valence-electron chi connectivity index (χ4n) is 1.43. The van der Waals surface area contributed by atoms with Crippen molar-refractivity contribution in [2.75, 3.05) is 16.8 Å². The van der Waals surface area contributed by atoms with E-state index in [0.717, 1.165) is 16.4 Å². The van der Waals surface area contributed by atoms with Crippen LogP contribution in [0.5, 0.6) is 0 Å². The molecule has 0 saturated heterocycles. The first kappa shape index (κ1) is 13.3. The number of hydrogen-bond acceptors (Lipinski definition) is 7. The summed E-state index contributed by atoms with van der Waals surface area (Å²) in [7, 11) is -3.34. The predicted octanol–water partition coefficient (Wildman–Crippen LogP) is 2.19. The molecule has 0 aliphatic carbocycles. The van der Waals surface area contributed by atoms with Crippen LogP contribution < -0.4 is 11.1 Å². The molecule has 8 heteroatoms. The zero-order valence-electron chi connectivity index (χ0n) is 9.71. The van der Waals surface area contributed by atoms with E-state index in [1.807, 2.05) is 17.5 Å². The third kappa shape index (κ3) is 2.65. The van der Waals surface area contributed by atoms with Crippen LogP contribution in [0, 0.1) is 0 Å². The molecule has 0 saturated carbocycles. The van der Waals surface area contributed by atoms with Gasteiger partial charge >= 0.3 is 0 Å². The second-order valence-electron chi connectivity index (χ2n) is 3.56. The number of nitrogens with two attached hydrogens (primary N) is 1. The molecule has 98 valence electrons. The van der Waals surface area contributed by atoms with Gasteiger partial charge in [0.2, 0.25) is 0 Å². The van der Waals surface area contributed by atoms with E-state index in [0.29, 0.717) is 11.5 Å². The first-order valence-electron chi connectivity index (χ1n) is 5.28. The van der Waals surface area contributed by atoms with E-state index in [9.17, 15) is 8.42 Å². The number of aromatic nitrogens is 1. The molecule has 0 atom stereocenters. The number of anilines is 2. The van der Waals surface area contributed by atoms with Gasteiger partial charge in [0.05, 0.1) is 12.3 Å². The van der Waals surface area contributed by atoms with Gasteiger partial charge in [0, 0.05) is 4.88 Å². The molecule has 2 aromatic heterocycles. The zero-order chi connectivity index (χ0) is 13.2. The summed E-state index contributed by atoms with van der Waals surface area (Å²) in [4.78, 5) is 1.26. The summed E-state index contributed by atoms with van der Waals surface area (Å²) < 4.78 is 27.7. The van der Waals surface area contributed by atoms with Crippen LogP contribution in [0.4, 0.5) is 10.8 Å². The van der Waals surface area contributed by atoms with Gasteiger partial charge in [0.15, 0.2) is 15.7 Å². The minimum Gasteiger partial charge on any atom is -0.382 e. The van der Waals surface area contributed by atoms with Crippen LogP contribution in [0.1, 0.15) is 11.8 Å². The van der Waals surface area contributed by atoms with Crippen molar-refractivity contribution in [3.05, 3.63) is 22.4 Å². The maximum Gasteiger partial charge on any atom is 0.184 e. The van der Waals surface area contributed by atoms with E-state index in [1.165, 1.54) is 0 Å². The summed E-state index contributed by atoms with van der Waals surface area (Å²) in [5.41, 5.74) is 5.63. The fraction of sp³-hybridized carbons (Fsp3) is 0.300. The molecule has 18 heavy (non-hydrogen) atoms. The summed E-state index contributed by atoms with van der Waals surface area (Å²) in [6.45, 7) is 2.17. The molecule has 0 radical (unpaired) electrons. The molecule has 0 amide bonds. The smallest absolute Gasteiger partial charge is 0.184 e. The molecule has 0 bridgehead atoms. The molecule has 0 spiro atoms. The lowest BCUT2D eigenvalue weighted by Crippen LogP contribution is -2.09. The maximum absolute atomic E-state index is 11.9. The quantitative estimate of drug-likeness (QED) is 0.884. The summed E-state index contributed by atoms with van der Waals surface area (Å²) in [5, 5.41) is 5.57. The van der Waals surface area contributed by atoms with Crippen molar-refractivity contribution in [1.29, 1.82) is 0 Å². The van der Waals surface area contributed by atoms with Gasteiger partial charge in [0.25, 0.3) is 0 Å². The van der Waals surface area contributed by atoms with E-state index in [4.69, 9.17) is 5.73 Å². The first-order chi connectivity index (χ1) is 8.54. The monoisotopic (exact) mass is 303 g/mol. The number of nitrogen functional groups attached to an aromatic ring is 1. The second kappa shape index (κ2) is 5.25. The van der Waals surface area contributed by atoms with Crippen LogP contribution in [0.2, 0.25) is 0 Å². The molecule has 0 aliphatic rings. The standard InChI is InChI=1S/C10H13N3O2S3/c1-2-18(14,15)8-9(11)13-17-10(8)12-6-7-4-3-5-16-7/h3-5,12H,2,6H2,1H3,(H2,11,13). The molecule has 2 aromatic rings. The number of nitrogens with zero attached hydrogens (tertiary/aromatic N) is 1. The molecule has 2 rings (SSSR count). The predicted molar refractivity (Wildman–Crippen MR) is 75.9 cm³/mol. The highest BCUT2D eigenvalue weighted by atomic mass is 32.2. The topological polar surface area (TPSA) is 85.1 Å². The Kier molecular flexibility index (Phi) is 3.88. The molecular formula is C10H13N3O2S3. The van der Waals surface area contributed by atoms with Gasteiger partial charge in [-0.1, -0.05) is 13.0 Å². The van der Waals surface area contributed by atoms with Gasteiger partial charge < -0.3 is 11.1 Å². The van der Waals surface area contributed by atoms with Gasteiger partial charge in [-0.25, -0.2) is 8.42 Å². The van der Waals surface area contributed by atoms with Gasteiger partial charge in [-0.15, -0.1) is 11.3 Å². The molecule has 0 unspecified atom stereocenters. The zero-order valence-corrected chi connectivity index (χ0v) is 12.2. The lowest BCUT2D eigenvalue weighted by atomic mass is 10.4. The van der Waals surface area contributed by atoms with Crippen molar-refractivity contribution >= 4 is 43.5 Å². The Balaban J connectivity index is 2.24. The lowest BCUT2D eigenvalue weighted by molar-refractivity contribution is 0.598. The van der Waals surface area contributed by atoms with Crippen molar-refractivity contribution in [3.8, 4) is 0 Å². The largest absolute Gasteiger partial charge is 0.382 e. The summed E-state index contributed by atoms with van der Waals surface area (Å²) in [5.74, 6) is 0.0964. The second-order valence-corrected chi connectivity index (χ2v) is 7.58. The van der Waals surface area contributed by atoms with E-state index in [-0.39, 0.29) is 16.5 Å². The SMILES string of the molecule is CCS(=O)(=O)c1c(N)nsc1NCc1cccs1. The summed E-state index contributed by atoms with van der Waals surface area (Å²) in [6.07, 6.45) is 0. The highest BCUT2D eigenvalue weighted by molar-refractivity contribution is 7.91. The van der Waals surface area contributed by atoms with Crippen molar-refractivity contribution < 1.29 is 8.42 Å². The number of hydrogen-bond donors (Lipinski definition) is 2. The lowest BCUT2D eigenvalue weighted by Gasteiger charge is -2.05. The average molecular weight is 303 g/mol. The third-order valence-electron chi connectivity index (χ3n) is 2.37. The number of nitrogens with one attached hydrogen (secondary N) is 1. The van der Waals surface area contributed by atoms with Crippen LogP contribution in [-0.2, 0) is 16.4 Å². The summed E-state index contributed by atoms with van der Waals surface area (Å²) in [6, 6.07) is 3.93. The van der Waals surface area contributed by atoms with Gasteiger partial charge in [-0.05, 0) is 23.0 Å². The van der Waals surface area contributed by atoms with E-state index in [1.54, 1.807) is 18.3 Å². The maximum atomic E-state index is 11.9. The molecule has 0 aromatic carbocycles. The van der Waals surface area contributed by atoms with Crippen molar-refractivity contribution in [2.45, 2.75) is 18.4 Å². The molecule has 2 heterocycles. The third-order valence-corrected chi connectivity index (χ3v) is 5.99. The minimum absolute atomic E-state index is 0.0172. The Hall–Kier alpha value is -1.12. The van der Waals surface area contributed by atoms with Gasteiger partial charge in [-0.3, -0.25) is 0 Å². The Morgan fingerprint density at radius 3 is 2.89 bits per heavy atom. The highest BCUT2D eigenvalue weighted by Crippen LogP contribution is 2.32. The highest BCUT2D eigenvalue weighted by Gasteiger charge is 2.23. The van der Waals surface area contributed by atoms with Crippen molar-refractivity contribution in [3.63, 3.8) is 0 Å². The van der Waals surface area contributed by atoms with Crippen LogP contribution >= 0.6 is 22.9 Å². The average Bonchev–Trinajstić information content (AvgIpc) is 2.95. The molecule has 3 N–H and O–H groups in total. The van der Waals surface area contributed by atoms with Crippen LogP contribution in [0.15, 0.2) is 22.4 Å². The normalized spacial score (nSPS) is 11.6. The Labute approximate surface area is 114 Å². The molecular weight excluding hydrogens is 290 g/mol. The Bertz CT molecular complexity index is 617. The molecule has 5 nitrogen and oxygen atoms in total. The summed E-state index contributed by atoms with van der Waals surface area (Å²) >= 11 is 2.69. The van der Waals surface area contributed by atoms with Crippen LogP contribution in [-0.4, -0.2) is 18.5 Å². The van der Waals surface area contributed by atoms with E-state index >= 15 is 0 Å². The molecule has 0 aliphatic heterocycles.